The fourth-order valence-electron chi connectivity index (χ4n) is 3.93. The first-order valence-corrected chi connectivity index (χ1v) is 13.8. The van der Waals surface area contributed by atoms with E-state index in [0.29, 0.717) is 27.8 Å². The minimum absolute atomic E-state index is 0.0719. The largest absolute Gasteiger partial charge is 0.477 e. The maximum Gasteiger partial charge on any atom is 0.352 e. The first-order chi connectivity index (χ1) is 18.2. The Morgan fingerprint density at radius 3 is 2.82 bits per heavy atom. The van der Waals surface area contributed by atoms with Gasteiger partial charge < -0.3 is 26.7 Å². The molecule has 38 heavy (non-hydrogen) atoms. The summed E-state index contributed by atoms with van der Waals surface area (Å²) < 4.78 is 1.49. The van der Waals surface area contributed by atoms with Crippen LogP contribution in [0.1, 0.15) is 11.4 Å². The van der Waals surface area contributed by atoms with Crippen molar-refractivity contribution in [3.8, 4) is 0 Å². The summed E-state index contributed by atoms with van der Waals surface area (Å²) in [5.41, 5.74) is 12.6. The second kappa shape index (κ2) is 10.1. The number of carboxylic acid groups (broad SMARTS) is 1. The summed E-state index contributed by atoms with van der Waals surface area (Å²) in [5.74, 6) is -1.45. The van der Waals surface area contributed by atoms with Crippen LogP contribution in [0.2, 0.25) is 0 Å². The summed E-state index contributed by atoms with van der Waals surface area (Å²) in [7, 11) is 1.27. The molecule has 0 unspecified atom stereocenters. The third kappa shape index (κ3) is 4.61. The normalized spacial score (nSPS) is 19.4. The van der Waals surface area contributed by atoms with Gasteiger partial charge in [-0.15, -0.1) is 40.0 Å². The number of oxime groups is 1. The lowest BCUT2D eigenvalue weighted by atomic mass is 10.0. The molecule has 0 spiro atoms. The molecule has 3 aromatic heterocycles. The number of nitrogens with zero attached hydrogens (tertiary/aromatic N) is 7. The van der Waals surface area contributed by atoms with Crippen molar-refractivity contribution >= 4 is 75.2 Å². The molecule has 198 valence electrons. The Morgan fingerprint density at radius 2 is 2.13 bits per heavy atom. The molecule has 0 radical (unpaired) electrons. The third-order valence-electron chi connectivity index (χ3n) is 5.52. The lowest BCUT2D eigenvalue weighted by Crippen LogP contribution is -2.71. The minimum Gasteiger partial charge on any atom is -0.477 e. The van der Waals surface area contributed by atoms with Crippen LogP contribution in [-0.4, -0.2) is 88.1 Å². The van der Waals surface area contributed by atoms with Crippen LogP contribution in [-0.2, 0) is 19.2 Å². The highest BCUT2D eigenvalue weighted by Gasteiger charge is 2.54. The van der Waals surface area contributed by atoms with Gasteiger partial charge in [0.15, 0.2) is 10.8 Å². The topological polar surface area (TPSA) is 216 Å². The van der Waals surface area contributed by atoms with Gasteiger partial charge in [0, 0.05) is 22.6 Å². The molecule has 2 amide bonds. The monoisotopic (exact) mass is 576 g/mol. The number of nitrogen functional groups attached to an aromatic ring is 2. The van der Waals surface area contributed by atoms with Gasteiger partial charge in [0.1, 0.15) is 34.9 Å². The van der Waals surface area contributed by atoms with Gasteiger partial charge in [0.05, 0.1) is 0 Å². The maximum absolute atomic E-state index is 13.1. The zero-order valence-electron chi connectivity index (χ0n) is 19.8. The molecule has 0 aromatic carbocycles. The summed E-state index contributed by atoms with van der Waals surface area (Å²) in [6, 6.07) is 0.843. The Kier molecular flexibility index (Phi) is 6.84. The number of aryl methyl sites for hydroxylation is 1. The fourth-order valence-corrected chi connectivity index (χ4v) is 7.01. The van der Waals surface area contributed by atoms with Gasteiger partial charge in [-0.1, -0.05) is 5.16 Å². The van der Waals surface area contributed by atoms with E-state index in [0.717, 1.165) is 11.3 Å². The fraction of sp³-hybridized carbons (Fsp3) is 0.300. The van der Waals surface area contributed by atoms with E-state index in [2.05, 4.69) is 30.5 Å². The van der Waals surface area contributed by atoms with Crippen molar-refractivity contribution in [2.45, 2.75) is 23.4 Å². The van der Waals surface area contributed by atoms with Crippen LogP contribution < -0.4 is 16.8 Å². The number of hydrogen-bond donors (Lipinski definition) is 4. The second-order valence-electron chi connectivity index (χ2n) is 8.02. The highest BCUT2D eigenvalue weighted by atomic mass is 32.2. The number of thiazole rings is 1. The van der Waals surface area contributed by atoms with E-state index in [1.807, 2.05) is 0 Å². The average molecular weight is 577 g/mol. The number of nitrogens with two attached hydrogens (primary N) is 2. The number of β-lactam (4-membered cyclic amide) rings is 1. The quantitative estimate of drug-likeness (QED) is 0.0909. The summed E-state index contributed by atoms with van der Waals surface area (Å²) in [5, 5.41) is 22.3. The molecule has 0 aliphatic carbocycles. The van der Waals surface area contributed by atoms with Crippen LogP contribution in [0.25, 0.3) is 5.78 Å². The Labute approximate surface area is 226 Å². The van der Waals surface area contributed by atoms with E-state index in [9.17, 15) is 19.5 Å². The van der Waals surface area contributed by atoms with Crippen molar-refractivity contribution in [3.05, 3.63) is 34.1 Å². The van der Waals surface area contributed by atoms with Crippen LogP contribution in [0.4, 0.5) is 11.1 Å². The summed E-state index contributed by atoms with van der Waals surface area (Å²) in [4.78, 5) is 56.5. The van der Waals surface area contributed by atoms with Crippen LogP contribution in [0, 0.1) is 6.92 Å². The van der Waals surface area contributed by atoms with Gasteiger partial charge in [0.25, 0.3) is 17.6 Å². The third-order valence-corrected chi connectivity index (χ3v) is 8.61. The summed E-state index contributed by atoms with van der Waals surface area (Å²) >= 11 is 3.80. The molecule has 18 heteroatoms. The summed E-state index contributed by atoms with van der Waals surface area (Å²) in [6.07, 6.45) is 0. The molecule has 1 saturated heterocycles. The van der Waals surface area contributed by atoms with Crippen molar-refractivity contribution in [2.75, 3.05) is 30.1 Å². The highest BCUT2D eigenvalue weighted by Crippen LogP contribution is 2.41. The second-order valence-corrected chi connectivity index (χ2v) is 11.0. The zero-order valence-corrected chi connectivity index (χ0v) is 22.3. The Balaban J connectivity index is 1.34. The SMILES string of the molecule is CO/N=C(\C(=O)N[C@@H]1C(=O)N2C(C(=O)O)=C(CSc3cc(C)nc4nc(N)nn34)CS[C@H]12)c1csc(N)n1. The first-order valence-electron chi connectivity index (χ1n) is 10.8. The van der Waals surface area contributed by atoms with Crippen molar-refractivity contribution in [1.82, 2.24) is 34.8 Å². The number of hydrogen-bond acceptors (Lipinski definition) is 14. The maximum atomic E-state index is 13.1. The summed E-state index contributed by atoms with van der Waals surface area (Å²) in [6.45, 7) is 1.80. The van der Waals surface area contributed by atoms with Crippen molar-refractivity contribution in [3.63, 3.8) is 0 Å². The first kappa shape index (κ1) is 25.7. The van der Waals surface area contributed by atoms with Crippen LogP contribution in [0.5, 0.6) is 0 Å². The lowest BCUT2D eigenvalue weighted by Gasteiger charge is -2.49. The molecule has 1 fully saturated rings. The number of rotatable bonds is 8. The Hall–Kier alpha value is -3.90. The van der Waals surface area contributed by atoms with Gasteiger partial charge in [-0.2, -0.15) is 9.50 Å². The smallest absolute Gasteiger partial charge is 0.352 e. The Morgan fingerprint density at radius 1 is 1.34 bits per heavy atom. The number of aliphatic carboxylic acids is 1. The molecule has 2 aliphatic rings. The number of amides is 2. The minimum atomic E-state index is -1.23. The molecule has 15 nitrogen and oxygen atoms in total. The van der Waals surface area contributed by atoms with Crippen molar-refractivity contribution in [1.29, 1.82) is 0 Å². The van der Waals surface area contributed by atoms with E-state index in [-0.39, 0.29) is 33.9 Å². The van der Waals surface area contributed by atoms with E-state index >= 15 is 0 Å². The average Bonchev–Trinajstić information content (AvgIpc) is 3.47. The van der Waals surface area contributed by atoms with Gasteiger partial charge >= 0.3 is 5.97 Å². The highest BCUT2D eigenvalue weighted by molar-refractivity contribution is 8.01. The lowest BCUT2D eigenvalue weighted by molar-refractivity contribution is -0.150. The van der Waals surface area contributed by atoms with Gasteiger partial charge in [-0.25, -0.2) is 14.8 Å². The zero-order chi connectivity index (χ0) is 27.1. The number of fused-ring (bicyclic) bond motifs is 2. The molecule has 6 N–H and O–H groups in total. The number of carbonyl (C=O) groups is 3. The van der Waals surface area contributed by atoms with Gasteiger partial charge in [-0.3, -0.25) is 14.5 Å². The van der Waals surface area contributed by atoms with Crippen LogP contribution in [0.15, 0.2) is 32.9 Å². The molecule has 0 saturated carbocycles. The number of nitrogens with one attached hydrogen (secondary N) is 1. The number of thioether (sulfide) groups is 2. The number of aromatic nitrogens is 5. The number of anilines is 2. The van der Waals surface area contributed by atoms with Gasteiger partial charge in [-0.05, 0) is 18.6 Å². The molecular weight excluding hydrogens is 556 g/mol. The van der Waals surface area contributed by atoms with E-state index in [4.69, 9.17) is 16.3 Å². The van der Waals surface area contributed by atoms with Crippen LogP contribution >= 0.6 is 34.9 Å². The molecular formula is C20H20N10O5S3. The standard InChI is InChI=1S/C20H20N10O5S3/c1-7-3-10(30-20(23-7)26-18(21)27-30)36-4-8-5-37-16-12(15(32)29(16)13(8)17(33)34)25-14(31)11(28-35-2)9-6-38-19(22)24-9/h3,6,12,16H,4-5H2,1-2H3,(H2,21,27)(H2,22,24)(H,25,31)(H,33,34)/b28-11-/t12-,16-/m1/s1. The molecule has 2 aliphatic heterocycles. The number of carbonyl (C=O) groups excluding carboxylic acids is 2. The van der Waals surface area contributed by atoms with Crippen LogP contribution in [0.3, 0.4) is 0 Å². The van der Waals surface area contributed by atoms with Crippen molar-refractivity contribution < 1.29 is 24.3 Å². The van der Waals surface area contributed by atoms with E-state index in [1.54, 1.807) is 13.0 Å². The molecule has 0 bridgehead atoms. The number of carboxylic acids is 1. The molecule has 3 aromatic rings. The molecule has 5 rings (SSSR count). The van der Waals surface area contributed by atoms with E-state index in [1.165, 1.54) is 45.4 Å². The molecule has 5 heterocycles. The predicted octanol–water partition coefficient (Wildman–Crippen LogP) is -0.0650. The predicted molar refractivity (Wildman–Crippen MR) is 140 cm³/mol. The molecule has 2 atom stereocenters. The van der Waals surface area contributed by atoms with Crippen molar-refractivity contribution in [2.24, 2.45) is 5.16 Å². The van der Waals surface area contributed by atoms with E-state index < -0.39 is 29.2 Å². The Bertz CT molecular complexity index is 1530. The van der Waals surface area contributed by atoms with Gasteiger partial charge in [0.2, 0.25) is 5.95 Å².